The van der Waals surface area contributed by atoms with Gasteiger partial charge in [0.15, 0.2) is 0 Å². The molecule has 0 saturated carbocycles. The largest absolute Gasteiger partial charge is 0.496 e. The fourth-order valence-electron chi connectivity index (χ4n) is 3.32. The molecule has 0 aliphatic carbocycles. The van der Waals surface area contributed by atoms with Gasteiger partial charge in [-0.3, -0.25) is 0 Å². The van der Waals surface area contributed by atoms with Crippen LogP contribution in [0.1, 0.15) is 18.4 Å². The van der Waals surface area contributed by atoms with E-state index < -0.39 is 0 Å². The molecule has 1 N–H and O–H groups in total. The fraction of sp³-hybridized carbons (Fsp3) is 0.444. The Bertz CT molecular complexity index is 618. The first kappa shape index (κ1) is 14.2. The SMILES string of the molecule is COc1cccc2c(OC)c(CC3CCNCC3)ccc12. The Morgan fingerprint density at radius 1 is 1.00 bits per heavy atom. The van der Waals surface area contributed by atoms with Gasteiger partial charge in [-0.25, -0.2) is 0 Å². The third-order valence-electron chi connectivity index (χ3n) is 4.44. The molecule has 0 aromatic heterocycles. The Hall–Kier alpha value is -1.74. The van der Waals surface area contributed by atoms with Crippen LogP contribution in [0.3, 0.4) is 0 Å². The van der Waals surface area contributed by atoms with Gasteiger partial charge in [0.2, 0.25) is 0 Å². The van der Waals surface area contributed by atoms with Crippen molar-refractivity contribution in [3.8, 4) is 11.5 Å². The average molecular weight is 285 g/mol. The number of piperidine rings is 1. The number of methoxy groups -OCH3 is 2. The summed E-state index contributed by atoms with van der Waals surface area (Å²) in [5, 5.41) is 5.68. The highest BCUT2D eigenvalue weighted by Crippen LogP contribution is 2.36. The minimum absolute atomic E-state index is 0.753. The molecule has 2 aromatic rings. The Balaban J connectivity index is 1.99. The predicted octanol–water partition coefficient (Wildman–Crippen LogP) is 3.40. The maximum atomic E-state index is 5.73. The molecule has 2 aromatic carbocycles. The first-order valence-electron chi connectivity index (χ1n) is 7.66. The van der Waals surface area contributed by atoms with Crippen LogP contribution in [0, 0.1) is 5.92 Å². The summed E-state index contributed by atoms with van der Waals surface area (Å²) in [6.07, 6.45) is 3.59. The van der Waals surface area contributed by atoms with Crippen molar-refractivity contribution in [3.05, 3.63) is 35.9 Å². The molecule has 0 radical (unpaired) electrons. The molecule has 1 aliphatic heterocycles. The highest BCUT2D eigenvalue weighted by atomic mass is 16.5. The third-order valence-corrected chi connectivity index (χ3v) is 4.44. The number of hydrogen-bond donors (Lipinski definition) is 1. The van der Waals surface area contributed by atoms with Gasteiger partial charge in [0.25, 0.3) is 0 Å². The molecule has 3 heteroatoms. The van der Waals surface area contributed by atoms with Crippen molar-refractivity contribution in [2.75, 3.05) is 27.3 Å². The summed E-state index contributed by atoms with van der Waals surface area (Å²) in [6, 6.07) is 10.5. The molecule has 3 nitrogen and oxygen atoms in total. The van der Waals surface area contributed by atoms with Crippen LogP contribution in [0.25, 0.3) is 10.8 Å². The number of hydrogen-bond acceptors (Lipinski definition) is 3. The molecule has 1 saturated heterocycles. The summed E-state index contributed by atoms with van der Waals surface area (Å²) in [5.74, 6) is 2.66. The first-order chi connectivity index (χ1) is 10.3. The zero-order chi connectivity index (χ0) is 14.7. The van der Waals surface area contributed by atoms with Gasteiger partial charge >= 0.3 is 0 Å². The van der Waals surface area contributed by atoms with E-state index in [1.165, 1.54) is 18.4 Å². The summed E-state index contributed by atoms with van der Waals surface area (Å²) in [6.45, 7) is 2.27. The first-order valence-corrected chi connectivity index (χ1v) is 7.66. The van der Waals surface area contributed by atoms with Gasteiger partial charge in [0.1, 0.15) is 11.5 Å². The zero-order valence-corrected chi connectivity index (χ0v) is 12.8. The number of nitrogens with one attached hydrogen (secondary N) is 1. The number of fused-ring (bicyclic) bond motifs is 1. The van der Waals surface area contributed by atoms with E-state index >= 15 is 0 Å². The molecule has 1 heterocycles. The second-order valence-electron chi connectivity index (χ2n) is 5.71. The number of benzene rings is 2. The molecule has 0 amide bonds. The lowest BCUT2D eigenvalue weighted by atomic mass is 9.89. The van der Waals surface area contributed by atoms with Gasteiger partial charge in [-0.15, -0.1) is 0 Å². The third kappa shape index (κ3) is 2.84. The maximum Gasteiger partial charge on any atom is 0.130 e. The highest BCUT2D eigenvalue weighted by Gasteiger charge is 2.17. The molecule has 1 aliphatic rings. The van der Waals surface area contributed by atoms with Crippen LogP contribution >= 0.6 is 0 Å². The van der Waals surface area contributed by atoms with Gasteiger partial charge in [0.05, 0.1) is 14.2 Å². The highest BCUT2D eigenvalue weighted by molar-refractivity contribution is 5.94. The van der Waals surface area contributed by atoms with Gasteiger partial charge in [0, 0.05) is 10.8 Å². The molecule has 3 rings (SSSR count). The fourth-order valence-corrected chi connectivity index (χ4v) is 3.32. The summed E-state index contributed by atoms with van der Waals surface area (Å²) in [7, 11) is 3.48. The molecular formula is C18H23NO2. The Morgan fingerprint density at radius 2 is 1.81 bits per heavy atom. The molecule has 1 fully saturated rings. The van der Waals surface area contributed by atoms with Gasteiger partial charge in [-0.2, -0.15) is 0 Å². The molecular weight excluding hydrogens is 262 g/mol. The summed E-state index contributed by atoms with van der Waals surface area (Å²) >= 11 is 0. The van der Waals surface area contributed by atoms with Crippen molar-refractivity contribution in [3.63, 3.8) is 0 Å². The minimum atomic E-state index is 0.753. The van der Waals surface area contributed by atoms with Crippen molar-refractivity contribution < 1.29 is 9.47 Å². The summed E-state index contributed by atoms with van der Waals surface area (Å²) in [4.78, 5) is 0. The van der Waals surface area contributed by atoms with Crippen molar-refractivity contribution in [2.45, 2.75) is 19.3 Å². The van der Waals surface area contributed by atoms with E-state index in [0.29, 0.717) is 0 Å². The molecule has 0 bridgehead atoms. The Morgan fingerprint density at radius 3 is 2.52 bits per heavy atom. The van der Waals surface area contributed by atoms with Gasteiger partial charge in [-0.05, 0) is 49.9 Å². The Labute approximate surface area is 126 Å². The maximum absolute atomic E-state index is 5.73. The van der Waals surface area contributed by atoms with Gasteiger partial charge < -0.3 is 14.8 Å². The second-order valence-corrected chi connectivity index (χ2v) is 5.71. The van der Waals surface area contributed by atoms with Crippen molar-refractivity contribution in [2.24, 2.45) is 5.92 Å². The van der Waals surface area contributed by atoms with E-state index in [4.69, 9.17) is 9.47 Å². The monoisotopic (exact) mass is 285 g/mol. The van der Waals surface area contributed by atoms with Crippen molar-refractivity contribution in [1.29, 1.82) is 0 Å². The molecule has 0 spiro atoms. The van der Waals surface area contributed by atoms with Crippen LogP contribution in [0.15, 0.2) is 30.3 Å². The van der Waals surface area contributed by atoms with E-state index in [1.54, 1.807) is 14.2 Å². The summed E-state index contributed by atoms with van der Waals surface area (Å²) in [5.41, 5.74) is 1.31. The van der Waals surface area contributed by atoms with Crippen LogP contribution in [0.4, 0.5) is 0 Å². The van der Waals surface area contributed by atoms with E-state index in [9.17, 15) is 0 Å². The normalized spacial score (nSPS) is 16.1. The minimum Gasteiger partial charge on any atom is -0.496 e. The van der Waals surface area contributed by atoms with Crippen LogP contribution in [0.5, 0.6) is 11.5 Å². The lowest BCUT2D eigenvalue weighted by Crippen LogP contribution is -2.28. The van der Waals surface area contributed by atoms with Crippen LogP contribution in [-0.4, -0.2) is 27.3 Å². The number of rotatable bonds is 4. The standard InChI is InChI=1S/C18H23NO2/c1-20-17-5-3-4-16-15(17)7-6-14(18(16)21-2)12-13-8-10-19-11-9-13/h3-7,13,19H,8-12H2,1-2H3. The van der Waals surface area contributed by atoms with Crippen LogP contribution in [0.2, 0.25) is 0 Å². The molecule has 112 valence electrons. The molecule has 21 heavy (non-hydrogen) atoms. The topological polar surface area (TPSA) is 30.5 Å². The predicted molar refractivity (Wildman–Crippen MR) is 86.3 cm³/mol. The average Bonchev–Trinajstić information content (AvgIpc) is 2.55. The number of ether oxygens (including phenoxy) is 2. The summed E-state index contributed by atoms with van der Waals surface area (Å²) < 4.78 is 11.2. The van der Waals surface area contributed by atoms with E-state index in [1.807, 2.05) is 12.1 Å². The smallest absolute Gasteiger partial charge is 0.130 e. The lowest BCUT2D eigenvalue weighted by molar-refractivity contribution is 0.362. The van der Waals surface area contributed by atoms with Crippen LogP contribution < -0.4 is 14.8 Å². The Kier molecular flexibility index (Phi) is 4.30. The quantitative estimate of drug-likeness (QED) is 0.934. The molecule has 0 atom stereocenters. The lowest BCUT2D eigenvalue weighted by Gasteiger charge is -2.24. The van der Waals surface area contributed by atoms with Gasteiger partial charge in [-0.1, -0.05) is 24.3 Å². The van der Waals surface area contributed by atoms with E-state index in [0.717, 1.165) is 47.7 Å². The second kappa shape index (κ2) is 6.35. The van der Waals surface area contributed by atoms with Crippen molar-refractivity contribution in [1.82, 2.24) is 5.32 Å². The van der Waals surface area contributed by atoms with E-state index in [2.05, 4.69) is 23.5 Å². The van der Waals surface area contributed by atoms with Crippen molar-refractivity contribution >= 4 is 10.8 Å². The zero-order valence-electron chi connectivity index (χ0n) is 12.8. The van der Waals surface area contributed by atoms with Crippen LogP contribution in [-0.2, 0) is 6.42 Å². The molecule has 0 unspecified atom stereocenters. The van der Waals surface area contributed by atoms with E-state index in [-0.39, 0.29) is 0 Å².